The van der Waals surface area contributed by atoms with E-state index in [2.05, 4.69) is 37.9 Å². The van der Waals surface area contributed by atoms with E-state index in [4.69, 9.17) is 0 Å². The van der Waals surface area contributed by atoms with Crippen molar-refractivity contribution in [2.24, 2.45) is 5.92 Å². The van der Waals surface area contributed by atoms with Gasteiger partial charge in [-0.3, -0.25) is 19.1 Å². The van der Waals surface area contributed by atoms with Crippen molar-refractivity contribution in [1.29, 1.82) is 0 Å². The first-order chi connectivity index (χ1) is 13.6. The van der Waals surface area contributed by atoms with Crippen molar-refractivity contribution in [2.45, 2.75) is 39.2 Å². The number of amides is 1. The molecule has 0 saturated carbocycles. The summed E-state index contributed by atoms with van der Waals surface area (Å²) in [5.74, 6) is 0.277. The molecule has 1 aromatic carbocycles. The minimum absolute atomic E-state index is 0.00285. The first kappa shape index (κ1) is 18.9. The van der Waals surface area contributed by atoms with Gasteiger partial charge < -0.3 is 4.90 Å². The van der Waals surface area contributed by atoms with Gasteiger partial charge in [0.1, 0.15) is 0 Å². The Kier molecular flexibility index (Phi) is 5.11. The van der Waals surface area contributed by atoms with Gasteiger partial charge in [0.05, 0.1) is 11.4 Å². The van der Waals surface area contributed by atoms with Crippen LogP contribution in [-0.2, 0) is 16.0 Å². The van der Waals surface area contributed by atoms with E-state index in [0.29, 0.717) is 0 Å². The van der Waals surface area contributed by atoms with Gasteiger partial charge in [-0.25, -0.2) is 0 Å². The largest absolute Gasteiger partial charge is 0.343 e. The highest BCUT2D eigenvalue weighted by Gasteiger charge is 2.35. The Morgan fingerprint density at radius 3 is 2.86 bits per heavy atom. The smallest absolute Gasteiger partial charge is 0.227 e. The minimum Gasteiger partial charge on any atom is -0.343 e. The Labute approximate surface area is 166 Å². The zero-order chi connectivity index (χ0) is 19.8. The summed E-state index contributed by atoms with van der Waals surface area (Å²) in [5.41, 5.74) is 4.71. The fourth-order valence-corrected chi connectivity index (χ4v) is 4.96. The first-order valence-corrected chi connectivity index (χ1v) is 10.4. The van der Waals surface area contributed by atoms with Crippen LogP contribution in [0.1, 0.15) is 37.8 Å². The van der Waals surface area contributed by atoms with Crippen LogP contribution in [0.2, 0.25) is 0 Å². The molecule has 5 heteroatoms. The predicted molar refractivity (Wildman–Crippen MR) is 113 cm³/mol. The highest BCUT2D eigenvalue weighted by molar-refractivity contribution is 6.00. The number of hydrogen-bond acceptors (Lipinski definition) is 3. The number of aromatic nitrogens is 1. The Morgan fingerprint density at radius 2 is 2.14 bits per heavy atom. The molecule has 0 radical (unpaired) electrons. The molecule has 2 atom stereocenters. The molecule has 1 amide bonds. The number of fused-ring (bicyclic) bond motifs is 2. The monoisotopic (exact) mass is 379 g/mol. The SMILES string of the molecule is CCCN(CC)C(=O)[C@@H]1CC=C2c3cccc4c3c(cn4C=O)CC2N(C)C1. The van der Waals surface area contributed by atoms with Crippen LogP contribution < -0.4 is 0 Å². The molecule has 1 aromatic heterocycles. The van der Waals surface area contributed by atoms with E-state index in [0.717, 1.165) is 50.8 Å². The summed E-state index contributed by atoms with van der Waals surface area (Å²) in [5, 5.41) is 1.19. The summed E-state index contributed by atoms with van der Waals surface area (Å²) in [7, 11) is 2.13. The van der Waals surface area contributed by atoms with Gasteiger partial charge >= 0.3 is 0 Å². The average Bonchev–Trinajstić information content (AvgIpc) is 2.99. The molecule has 5 nitrogen and oxygen atoms in total. The number of rotatable bonds is 5. The summed E-state index contributed by atoms with van der Waals surface area (Å²) in [6.45, 7) is 6.55. The van der Waals surface area contributed by atoms with Crippen LogP contribution in [0, 0.1) is 5.92 Å². The number of benzene rings is 1. The highest BCUT2D eigenvalue weighted by atomic mass is 16.2. The number of carbonyl (C=O) groups is 2. The second kappa shape index (κ2) is 7.55. The fourth-order valence-electron chi connectivity index (χ4n) is 4.96. The Bertz CT molecular complexity index is 943. The third-order valence-electron chi connectivity index (χ3n) is 6.33. The third kappa shape index (κ3) is 2.98. The molecule has 2 heterocycles. The van der Waals surface area contributed by atoms with Crippen molar-refractivity contribution >= 4 is 28.8 Å². The Morgan fingerprint density at radius 1 is 1.32 bits per heavy atom. The van der Waals surface area contributed by atoms with Crippen molar-refractivity contribution in [1.82, 2.24) is 14.4 Å². The van der Waals surface area contributed by atoms with Crippen molar-refractivity contribution in [3.8, 4) is 0 Å². The summed E-state index contributed by atoms with van der Waals surface area (Å²) >= 11 is 0. The topological polar surface area (TPSA) is 45.6 Å². The number of allylic oxidation sites excluding steroid dienone is 1. The molecule has 2 aromatic rings. The van der Waals surface area contributed by atoms with E-state index in [1.165, 1.54) is 22.1 Å². The maximum Gasteiger partial charge on any atom is 0.227 e. The lowest BCUT2D eigenvalue weighted by molar-refractivity contribution is -0.135. The quantitative estimate of drug-likeness (QED) is 0.750. The molecular weight excluding hydrogens is 350 g/mol. The maximum atomic E-state index is 13.1. The molecule has 148 valence electrons. The molecular formula is C23H29N3O2. The predicted octanol–water partition coefficient (Wildman–Crippen LogP) is 3.20. The van der Waals surface area contributed by atoms with E-state index < -0.39 is 0 Å². The molecule has 1 aliphatic carbocycles. The molecule has 0 saturated heterocycles. The standard InChI is InChI=1S/C23H29N3O2/c1-4-11-25(5-2)23(28)16-9-10-18-19-7-6-8-20-22(19)17(14-26(20)15-27)12-21(18)24(3)13-16/h6-8,10,14-16,21H,4-5,9,11-13H2,1-3H3/t16-,21?/m1/s1. The van der Waals surface area contributed by atoms with Gasteiger partial charge in [-0.05, 0) is 56.0 Å². The summed E-state index contributed by atoms with van der Waals surface area (Å²) in [6.07, 6.45) is 7.78. The zero-order valence-corrected chi connectivity index (χ0v) is 17.0. The lowest BCUT2D eigenvalue weighted by Gasteiger charge is -2.34. The summed E-state index contributed by atoms with van der Waals surface area (Å²) in [6, 6.07) is 6.44. The van der Waals surface area contributed by atoms with Crippen molar-refractivity contribution in [3.63, 3.8) is 0 Å². The van der Waals surface area contributed by atoms with E-state index in [1.807, 2.05) is 23.2 Å². The second-order valence-electron chi connectivity index (χ2n) is 8.04. The van der Waals surface area contributed by atoms with Crippen LogP contribution in [0.5, 0.6) is 0 Å². The van der Waals surface area contributed by atoms with Gasteiger partial charge in [0.25, 0.3) is 0 Å². The van der Waals surface area contributed by atoms with Gasteiger partial charge in [0, 0.05) is 37.3 Å². The van der Waals surface area contributed by atoms with Gasteiger partial charge in [-0.15, -0.1) is 0 Å². The van der Waals surface area contributed by atoms with Crippen molar-refractivity contribution < 1.29 is 9.59 Å². The normalized spacial score (nSPS) is 21.8. The highest BCUT2D eigenvalue weighted by Crippen LogP contribution is 2.40. The van der Waals surface area contributed by atoms with E-state index in [-0.39, 0.29) is 17.9 Å². The van der Waals surface area contributed by atoms with Crippen LogP contribution in [0.25, 0.3) is 16.5 Å². The molecule has 0 fully saturated rings. The van der Waals surface area contributed by atoms with E-state index >= 15 is 0 Å². The fraction of sp³-hybridized carbons (Fsp3) is 0.478. The summed E-state index contributed by atoms with van der Waals surface area (Å²) < 4.78 is 1.69. The molecule has 0 spiro atoms. The molecule has 1 aliphatic heterocycles. The van der Waals surface area contributed by atoms with E-state index in [9.17, 15) is 9.59 Å². The Hall–Kier alpha value is -2.40. The van der Waals surface area contributed by atoms with E-state index in [1.54, 1.807) is 4.57 Å². The summed E-state index contributed by atoms with van der Waals surface area (Å²) in [4.78, 5) is 28.9. The first-order valence-electron chi connectivity index (χ1n) is 10.4. The number of likely N-dealkylation sites (N-methyl/N-ethyl adjacent to an activating group) is 1. The lowest BCUT2D eigenvalue weighted by atomic mass is 9.84. The average molecular weight is 380 g/mol. The van der Waals surface area contributed by atoms with Crippen molar-refractivity contribution in [2.75, 3.05) is 26.7 Å². The van der Waals surface area contributed by atoms with Crippen LogP contribution in [0.3, 0.4) is 0 Å². The van der Waals surface area contributed by atoms with Crippen LogP contribution in [0.4, 0.5) is 0 Å². The van der Waals surface area contributed by atoms with Gasteiger partial charge in [-0.1, -0.05) is 25.1 Å². The van der Waals surface area contributed by atoms with Crippen LogP contribution >= 0.6 is 0 Å². The Balaban J connectivity index is 1.72. The second-order valence-corrected chi connectivity index (χ2v) is 8.04. The number of hydrogen-bond donors (Lipinski definition) is 0. The number of carbonyl (C=O) groups excluding carboxylic acids is 2. The number of nitrogens with zero attached hydrogens (tertiary/aromatic N) is 3. The maximum absolute atomic E-state index is 13.1. The van der Waals surface area contributed by atoms with Gasteiger partial charge in [-0.2, -0.15) is 0 Å². The molecule has 28 heavy (non-hydrogen) atoms. The van der Waals surface area contributed by atoms with Gasteiger partial charge in [0.2, 0.25) is 12.3 Å². The molecule has 2 aliphatic rings. The van der Waals surface area contributed by atoms with Crippen molar-refractivity contribution in [3.05, 3.63) is 41.6 Å². The molecule has 0 bridgehead atoms. The molecule has 0 N–H and O–H groups in total. The van der Waals surface area contributed by atoms with Crippen LogP contribution in [-0.4, -0.2) is 59.4 Å². The molecule has 1 unspecified atom stereocenters. The zero-order valence-electron chi connectivity index (χ0n) is 17.0. The van der Waals surface area contributed by atoms with Gasteiger partial charge in [0.15, 0.2) is 0 Å². The lowest BCUT2D eigenvalue weighted by Crippen LogP contribution is -2.43. The van der Waals surface area contributed by atoms with Crippen LogP contribution in [0.15, 0.2) is 30.5 Å². The minimum atomic E-state index is 0.00285. The third-order valence-corrected chi connectivity index (χ3v) is 6.33. The molecule has 4 rings (SSSR count).